The van der Waals surface area contributed by atoms with Crippen LogP contribution in [0.15, 0.2) is 110 Å². The van der Waals surface area contributed by atoms with Gasteiger partial charge in [0.1, 0.15) is 23.3 Å². The predicted molar refractivity (Wildman–Crippen MR) is 189 cm³/mol. The maximum atomic E-state index is 13.2. The van der Waals surface area contributed by atoms with Gasteiger partial charge in [-0.2, -0.15) is 10.2 Å². The summed E-state index contributed by atoms with van der Waals surface area (Å²) in [5.74, 6) is -0.793. The maximum absolute atomic E-state index is 13.2. The molecule has 6 rings (SSSR count). The molecular formula is C37H40F2N8O3. The van der Waals surface area contributed by atoms with Gasteiger partial charge >= 0.3 is 5.97 Å². The Balaban J connectivity index is 0.000000222. The van der Waals surface area contributed by atoms with Crippen molar-refractivity contribution < 1.29 is 23.5 Å². The number of nitrogens with one attached hydrogen (secondary N) is 1. The summed E-state index contributed by atoms with van der Waals surface area (Å²) in [6, 6.07) is 23.4. The van der Waals surface area contributed by atoms with Crippen LogP contribution in [0, 0.1) is 11.6 Å². The molecule has 0 aliphatic rings. The molecule has 260 valence electrons. The van der Waals surface area contributed by atoms with E-state index in [2.05, 4.69) is 25.5 Å². The summed E-state index contributed by atoms with van der Waals surface area (Å²) in [5, 5.41) is 19.0. The van der Waals surface area contributed by atoms with Crippen molar-refractivity contribution >= 4 is 23.5 Å². The molecule has 0 aliphatic carbocycles. The molecule has 0 saturated carbocycles. The maximum Gasteiger partial charge on any atom is 0.356 e. The molecule has 0 unspecified atom stereocenters. The fraction of sp³-hybridized carbons (Fsp3) is 0.189. The lowest BCUT2D eigenvalue weighted by atomic mass is 10.1. The molecule has 50 heavy (non-hydrogen) atoms. The number of amides is 1. The first-order chi connectivity index (χ1) is 23.6. The number of halogens is 2. The lowest BCUT2D eigenvalue weighted by molar-refractivity contribution is 0.0689. The topological polar surface area (TPSA) is 154 Å². The van der Waals surface area contributed by atoms with Gasteiger partial charge in [-0.15, -0.1) is 0 Å². The molecule has 0 atom stereocenters. The van der Waals surface area contributed by atoms with Gasteiger partial charge in [0.05, 0.1) is 0 Å². The molecule has 4 aromatic heterocycles. The van der Waals surface area contributed by atoms with Crippen LogP contribution in [0.2, 0.25) is 0 Å². The quantitative estimate of drug-likeness (QED) is 0.149. The molecule has 2 aromatic carbocycles. The highest BCUT2D eigenvalue weighted by molar-refractivity contribution is 6.02. The number of aromatic nitrogens is 6. The minimum Gasteiger partial charge on any atom is -0.476 e. The number of aryl methyl sites for hydroxylation is 2. The second kappa shape index (κ2) is 18.9. The van der Waals surface area contributed by atoms with Gasteiger partial charge in [0.25, 0.3) is 5.91 Å². The van der Waals surface area contributed by atoms with E-state index in [0.29, 0.717) is 43.3 Å². The average Bonchev–Trinajstić information content (AvgIpc) is 3.78. The number of hydrogen-bond donors (Lipinski definition) is 3. The number of aromatic carboxylic acids is 1. The molecule has 11 nitrogen and oxygen atoms in total. The van der Waals surface area contributed by atoms with E-state index in [4.69, 9.17) is 10.8 Å². The second-order valence-corrected chi connectivity index (χ2v) is 10.6. The third-order valence-corrected chi connectivity index (χ3v) is 6.89. The summed E-state index contributed by atoms with van der Waals surface area (Å²) in [6.45, 7) is 5.26. The zero-order chi connectivity index (χ0) is 35.2. The number of nitrogens with two attached hydrogens (primary N) is 1. The molecule has 0 aliphatic heterocycles. The smallest absolute Gasteiger partial charge is 0.356 e. The Hall–Kier alpha value is -6.24. The summed E-state index contributed by atoms with van der Waals surface area (Å²) < 4.78 is 29.4. The number of carbonyl (C=O) groups excluding carboxylic acids is 1. The lowest BCUT2D eigenvalue weighted by Gasteiger charge is -2.05. The van der Waals surface area contributed by atoms with Crippen molar-refractivity contribution in [3.63, 3.8) is 0 Å². The standard InChI is InChI=1S/C18H17FN4O.C12H11FN2.C6H8N2O2.CH4/c1-2-23-9-8-16(22-23)18(24)21-17-7-6-14(12-20-17)10-13-4-3-5-15(19)11-13;13-11-3-1-2-9(7-11)6-10-4-5-12(14)15-8-10;1-2-8-4-3-5(7-8)6(9)10;/h3-9,11-12H,2,10H2,1H3,(H,20,21,24);1-5,7-8H,6H2,(H2,14,15);3-4H,2H2,1H3,(H,9,10);1H4. The van der Waals surface area contributed by atoms with Crippen LogP contribution in [0.5, 0.6) is 0 Å². The molecular weight excluding hydrogens is 642 g/mol. The number of carboxylic acid groups (broad SMARTS) is 1. The van der Waals surface area contributed by atoms with E-state index in [1.165, 1.54) is 30.3 Å². The number of carboxylic acids is 1. The zero-order valence-corrected chi connectivity index (χ0v) is 27.0. The summed E-state index contributed by atoms with van der Waals surface area (Å²) in [4.78, 5) is 30.6. The van der Waals surface area contributed by atoms with Gasteiger partial charge in [0, 0.05) is 37.9 Å². The molecule has 4 heterocycles. The Morgan fingerprint density at radius 3 is 1.66 bits per heavy atom. The molecule has 0 spiro atoms. The summed E-state index contributed by atoms with van der Waals surface area (Å²) >= 11 is 0. The number of rotatable bonds is 9. The highest BCUT2D eigenvalue weighted by atomic mass is 19.1. The van der Waals surface area contributed by atoms with Crippen molar-refractivity contribution in [2.45, 2.75) is 47.2 Å². The van der Waals surface area contributed by atoms with E-state index in [0.717, 1.165) is 22.3 Å². The molecule has 13 heteroatoms. The number of pyridine rings is 2. The van der Waals surface area contributed by atoms with Crippen molar-refractivity contribution in [1.82, 2.24) is 29.5 Å². The van der Waals surface area contributed by atoms with E-state index in [-0.39, 0.29) is 30.7 Å². The highest BCUT2D eigenvalue weighted by Crippen LogP contribution is 2.13. The van der Waals surface area contributed by atoms with Gasteiger partial charge in [0.15, 0.2) is 11.4 Å². The molecule has 0 saturated heterocycles. The third kappa shape index (κ3) is 12.1. The average molecular weight is 683 g/mol. The van der Waals surface area contributed by atoms with Crippen molar-refractivity contribution in [2.75, 3.05) is 11.1 Å². The molecule has 0 fully saturated rings. The molecule has 0 bridgehead atoms. The van der Waals surface area contributed by atoms with Crippen molar-refractivity contribution in [1.29, 1.82) is 0 Å². The van der Waals surface area contributed by atoms with Crippen LogP contribution in [-0.2, 0) is 25.9 Å². The minimum absolute atomic E-state index is 0. The molecule has 4 N–H and O–H groups in total. The summed E-state index contributed by atoms with van der Waals surface area (Å²) in [6.07, 6.45) is 8.03. The van der Waals surface area contributed by atoms with E-state index in [1.807, 2.05) is 38.1 Å². The fourth-order valence-corrected chi connectivity index (χ4v) is 4.40. The number of nitrogen functional groups attached to an aromatic ring is 1. The van der Waals surface area contributed by atoms with Crippen LogP contribution in [-0.4, -0.2) is 46.5 Å². The van der Waals surface area contributed by atoms with Crippen LogP contribution in [0.3, 0.4) is 0 Å². The predicted octanol–water partition coefficient (Wildman–Crippen LogP) is 6.91. The fourth-order valence-electron chi connectivity index (χ4n) is 4.40. The van der Waals surface area contributed by atoms with E-state index >= 15 is 0 Å². The van der Waals surface area contributed by atoms with Crippen LogP contribution < -0.4 is 11.1 Å². The van der Waals surface area contributed by atoms with Crippen molar-refractivity contribution in [3.05, 3.63) is 155 Å². The number of anilines is 2. The first-order valence-electron chi connectivity index (χ1n) is 15.4. The minimum atomic E-state index is -0.979. The molecule has 6 aromatic rings. The third-order valence-electron chi connectivity index (χ3n) is 6.89. The monoisotopic (exact) mass is 682 g/mol. The zero-order valence-electron chi connectivity index (χ0n) is 27.0. The van der Waals surface area contributed by atoms with Crippen LogP contribution in [0.4, 0.5) is 20.4 Å². The van der Waals surface area contributed by atoms with Gasteiger partial charge in [-0.05, 0) is 97.5 Å². The Morgan fingerprint density at radius 1 is 0.720 bits per heavy atom. The van der Waals surface area contributed by atoms with Crippen LogP contribution >= 0.6 is 0 Å². The Kier molecular flexibility index (Phi) is 14.5. The van der Waals surface area contributed by atoms with E-state index < -0.39 is 5.97 Å². The largest absolute Gasteiger partial charge is 0.476 e. The lowest BCUT2D eigenvalue weighted by Crippen LogP contribution is -2.14. The van der Waals surface area contributed by atoms with E-state index in [1.54, 1.807) is 64.5 Å². The molecule has 1 amide bonds. The van der Waals surface area contributed by atoms with Crippen LogP contribution in [0.25, 0.3) is 0 Å². The Bertz CT molecular complexity index is 1960. The molecule has 0 radical (unpaired) electrons. The van der Waals surface area contributed by atoms with Crippen molar-refractivity contribution in [3.8, 4) is 0 Å². The first-order valence-corrected chi connectivity index (χ1v) is 15.4. The van der Waals surface area contributed by atoms with Gasteiger partial charge < -0.3 is 16.2 Å². The SMILES string of the molecule is C.CCn1ccc(C(=O)Nc2ccc(Cc3cccc(F)c3)cn2)n1.CCn1ccc(C(=O)O)n1.Nc1ccc(Cc2cccc(F)c2)cn1. The van der Waals surface area contributed by atoms with Gasteiger partial charge in [-0.1, -0.05) is 43.8 Å². The first kappa shape index (κ1) is 38.2. The normalized spacial score (nSPS) is 10.1. The number of hydrogen-bond acceptors (Lipinski definition) is 7. The van der Waals surface area contributed by atoms with Crippen LogP contribution in [0.1, 0.15) is 64.5 Å². The Labute approximate surface area is 289 Å². The van der Waals surface area contributed by atoms with Gasteiger partial charge in [0.2, 0.25) is 0 Å². The number of carbonyl (C=O) groups is 2. The van der Waals surface area contributed by atoms with Gasteiger partial charge in [-0.25, -0.2) is 23.5 Å². The number of nitrogens with zero attached hydrogens (tertiary/aromatic N) is 6. The summed E-state index contributed by atoms with van der Waals surface area (Å²) in [7, 11) is 0. The second-order valence-electron chi connectivity index (χ2n) is 10.6. The van der Waals surface area contributed by atoms with E-state index in [9.17, 15) is 18.4 Å². The van der Waals surface area contributed by atoms with Gasteiger partial charge in [-0.3, -0.25) is 14.2 Å². The summed E-state index contributed by atoms with van der Waals surface area (Å²) in [5.41, 5.74) is 9.69. The van der Waals surface area contributed by atoms with Crippen molar-refractivity contribution in [2.24, 2.45) is 0 Å². The number of benzene rings is 2. The Morgan fingerprint density at radius 2 is 1.24 bits per heavy atom. The highest BCUT2D eigenvalue weighted by Gasteiger charge is 2.10.